The van der Waals surface area contributed by atoms with E-state index >= 15 is 0 Å². The second-order valence-corrected chi connectivity index (χ2v) is 3.30. The zero-order chi connectivity index (χ0) is 16.6. The van der Waals surface area contributed by atoms with Gasteiger partial charge in [0.2, 0.25) is 0 Å². The maximum Gasteiger partial charge on any atom is 0.437 e. The van der Waals surface area contributed by atoms with Gasteiger partial charge in [0, 0.05) is 0 Å². The van der Waals surface area contributed by atoms with E-state index in [4.69, 9.17) is 0 Å². The van der Waals surface area contributed by atoms with Crippen molar-refractivity contribution in [1.29, 1.82) is 0 Å². The van der Waals surface area contributed by atoms with Gasteiger partial charge in [-0.3, -0.25) is 0 Å². The molecule has 0 aliphatic heterocycles. The molecule has 0 aliphatic carbocycles. The molecule has 0 aromatic rings. The highest BCUT2D eigenvalue weighted by atomic mass is 19.4. The quantitative estimate of drug-likeness (QED) is 0.589. The molecule has 0 amide bonds. The van der Waals surface area contributed by atoms with Gasteiger partial charge in [0.05, 0.1) is 14.2 Å². The molecule has 0 bridgehead atoms. The van der Waals surface area contributed by atoms with Crippen molar-refractivity contribution < 1.29 is 54.2 Å². The van der Waals surface area contributed by atoms with Gasteiger partial charge in [-0.15, -0.1) is 0 Å². The van der Waals surface area contributed by atoms with Crippen molar-refractivity contribution >= 4 is 11.9 Å². The van der Waals surface area contributed by atoms with Gasteiger partial charge in [0.15, 0.2) is 0 Å². The lowest BCUT2D eigenvalue weighted by Crippen LogP contribution is -2.72. The van der Waals surface area contributed by atoms with E-state index in [-0.39, 0.29) is 14.2 Å². The van der Waals surface area contributed by atoms with E-state index in [2.05, 4.69) is 9.47 Å². The first-order valence-corrected chi connectivity index (χ1v) is 4.39. The molecule has 0 saturated heterocycles. The average Bonchev–Trinajstić information content (AvgIpc) is 2.31. The Kier molecular flexibility index (Phi) is 4.64. The van der Waals surface area contributed by atoms with Crippen molar-refractivity contribution in [3.8, 4) is 0 Å². The lowest BCUT2D eigenvalue weighted by molar-refractivity contribution is -0.330. The van der Waals surface area contributed by atoms with E-state index in [9.17, 15) is 44.7 Å². The molecule has 0 aromatic heterocycles. The van der Waals surface area contributed by atoms with E-state index in [0.29, 0.717) is 0 Å². The molecule has 12 heteroatoms. The Balaban J connectivity index is 6.51. The summed E-state index contributed by atoms with van der Waals surface area (Å²) in [6.07, 6.45) is -13.5. The van der Waals surface area contributed by atoms with E-state index in [1.165, 1.54) is 0 Å². The molecule has 0 aliphatic rings. The smallest absolute Gasteiger partial charge is 0.437 e. The topological polar surface area (TPSA) is 52.6 Å². The van der Waals surface area contributed by atoms with Crippen LogP contribution in [0.4, 0.5) is 35.1 Å². The maximum absolute atomic E-state index is 13.7. The van der Waals surface area contributed by atoms with Gasteiger partial charge in [-0.2, -0.15) is 26.3 Å². The molecule has 4 nitrogen and oxygen atoms in total. The van der Waals surface area contributed by atoms with Crippen LogP contribution in [0.2, 0.25) is 0 Å². The van der Waals surface area contributed by atoms with Crippen molar-refractivity contribution in [3.05, 3.63) is 0 Å². The molecule has 0 heterocycles. The molecular weight excluding hydrogens is 312 g/mol. The predicted octanol–water partition coefficient (Wildman–Crippen LogP) is 1.87. The van der Waals surface area contributed by atoms with Gasteiger partial charge in [-0.05, 0) is 0 Å². The summed E-state index contributed by atoms with van der Waals surface area (Å²) in [5, 5.41) is 0. The van der Waals surface area contributed by atoms with Crippen molar-refractivity contribution in [3.63, 3.8) is 0 Å². The second-order valence-electron chi connectivity index (χ2n) is 3.30. The van der Waals surface area contributed by atoms with Crippen LogP contribution in [0.25, 0.3) is 0 Å². The number of esters is 2. The van der Waals surface area contributed by atoms with E-state index in [1.807, 2.05) is 0 Å². The van der Waals surface area contributed by atoms with Crippen molar-refractivity contribution in [2.75, 3.05) is 14.2 Å². The number of halogens is 8. The summed E-state index contributed by atoms with van der Waals surface area (Å²) in [6, 6.07) is 0. The SMILES string of the molecule is COC(=O)C(F)(C(F)(F)F)C(F)(C(=O)OC)C(F)(F)F. The molecule has 20 heavy (non-hydrogen) atoms. The minimum atomic E-state index is -6.74. The first-order chi connectivity index (χ1) is 8.71. The lowest BCUT2D eigenvalue weighted by Gasteiger charge is -2.36. The monoisotopic (exact) mass is 318 g/mol. The lowest BCUT2D eigenvalue weighted by atomic mass is 9.84. The van der Waals surface area contributed by atoms with E-state index in [0.717, 1.165) is 0 Å². The predicted molar refractivity (Wildman–Crippen MR) is 43.8 cm³/mol. The number of carbonyl (C=O) groups excluding carboxylic acids is 2. The summed E-state index contributed by atoms with van der Waals surface area (Å²) in [5.41, 5.74) is -12.6. The van der Waals surface area contributed by atoms with Gasteiger partial charge < -0.3 is 9.47 Å². The Morgan fingerprint density at radius 1 is 0.650 bits per heavy atom. The number of alkyl halides is 8. The highest BCUT2D eigenvalue weighted by Gasteiger charge is 2.88. The van der Waals surface area contributed by atoms with Gasteiger partial charge in [-0.1, -0.05) is 0 Å². The molecule has 118 valence electrons. The van der Waals surface area contributed by atoms with Crippen molar-refractivity contribution in [2.45, 2.75) is 23.7 Å². The van der Waals surface area contributed by atoms with Crippen LogP contribution in [0, 0.1) is 0 Å². The normalized spacial score (nSPS) is 18.7. The number of ether oxygens (including phenoxy) is 2. The third-order valence-corrected chi connectivity index (χ3v) is 2.19. The fraction of sp³-hybridized carbons (Fsp3) is 0.750. The van der Waals surface area contributed by atoms with Gasteiger partial charge in [-0.25, -0.2) is 18.4 Å². The standard InChI is InChI=1S/C8H6F8O4/c1-19-3(17)5(9,7(11,12)13)6(10,4(18)20-2)8(14,15)16/h1-2H3. The van der Waals surface area contributed by atoms with Crippen LogP contribution in [0.3, 0.4) is 0 Å². The Labute approximate surface area is 105 Å². The summed E-state index contributed by atoms with van der Waals surface area (Å²) < 4.78 is 108. The number of methoxy groups -OCH3 is 2. The zero-order valence-electron chi connectivity index (χ0n) is 9.66. The molecule has 0 spiro atoms. The fourth-order valence-corrected chi connectivity index (χ4v) is 1.18. The van der Waals surface area contributed by atoms with Gasteiger partial charge >= 0.3 is 35.6 Å². The molecule has 0 N–H and O–H groups in total. The van der Waals surface area contributed by atoms with Crippen LogP contribution in [-0.4, -0.2) is 49.8 Å². The number of hydrogen-bond donors (Lipinski definition) is 0. The van der Waals surface area contributed by atoms with Crippen LogP contribution in [0.5, 0.6) is 0 Å². The third kappa shape index (κ3) is 2.26. The minimum absolute atomic E-state index is 0.0798. The van der Waals surface area contributed by atoms with Crippen LogP contribution in [-0.2, 0) is 19.1 Å². The largest absolute Gasteiger partial charge is 0.466 e. The summed E-state index contributed by atoms with van der Waals surface area (Å²) in [7, 11) is 0.160. The van der Waals surface area contributed by atoms with E-state index < -0.39 is 35.6 Å². The maximum atomic E-state index is 13.7. The molecule has 0 aromatic carbocycles. The van der Waals surface area contributed by atoms with Gasteiger partial charge in [0.1, 0.15) is 0 Å². The Morgan fingerprint density at radius 2 is 0.850 bits per heavy atom. The fourth-order valence-electron chi connectivity index (χ4n) is 1.18. The summed E-state index contributed by atoms with van der Waals surface area (Å²) in [4.78, 5) is 21.5. The number of hydrogen-bond acceptors (Lipinski definition) is 4. The summed E-state index contributed by atoms with van der Waals surface area (Å²) in [5.74, 6) is -6.56. The molecule has 0 fully saturated rings. The van der Waals surface area contributed by atoms with Crippen LogP contribution in [0.1, 0.15) is 0 Å². The molecule has 2 atom stereocenters. The minimum Gasteiger partial charge on any atom is -0.466 e. The Hall–Kier alpha value is -1.62. The van der Waals surface area contributed by atoms with Crippen LogP contribution < -0.4 is 0 Å². The van der Waals surface area contributed by atoms with Crippen molar-refractivity contribution in [1.82, 2.24) is 0 Å². The molecule has 2 unspecified atom stereocenters. The summed E-state index contributed by atoms with van der Waals surface area (Å²) in [6.45, 7) is 0. The second kappa shape index (κ2) is 5.05. The summed E-state index contributed by atoms with van der Waals surface area (Å²) >= 11 is 0. The molecule has 0 rings (SSSR count). The molecule has 0 saturated carbocycles. The van der Waals surface area contributed by atoms with Crippen LogP contribution >= 0.6 is 0 Å². The highest BCUT2D eigenvalue weighted by Crippen LogP contribution is 2.52. The number of carbonyl (C=O) groups is 2. The highest BCUT2D eigenvalue weighted by molar-refractivity contribution is 5.94. The third-order valence-electron chi connectivity index (χ3n) is 2.19. The first kappa shape index (κ1) is 18.4. The van der Waals surface area contributed by atoms with Gasteiger partial charge in [0.25, 0.3) is 0 Å². The first-order valence-electron chi connectivity index (χ1n) is 4.39. The molecule has 0 radical (unpaired) electrons. The molecular formula is C8H6F8O4. The van der Waals surface area contributed by atoms with Crippen LogP contribution in [0.15, 0.2) is 0 Å². The average molecular weight is 318 g/mol. The van der Waals surface area contributed by atoms with Crippen molar-refractivity contribution in [2.24, 2.45) is 0 Å². The number of rotatable bonds is 3. The Bertz CT molecular complexity index is 364. The zero-order valence-corrected chi connectivity index (χ0v) is 9.66. The van der Waals surface area contributed by atoms with E-state index in [1.54, 1.807) is 0 Å². The Morgan fingerprint density at radius 3 is 0.950 bits per heavy atom.